The average molecular weight is 467 g/mol. The van der Waals surface area contributed by atoms with E-state index in [1.807, 2.05) is 31.4 Å². The van der Waals surface area contributed by atoms with Crippen LogP contribution in [0, 0.1) is 5.82 Å². The van der Waals surface area contributed by atoms with Crippen LogP contribution < -0.4 is 16.0 Å². The summed E-state index contributed by atoms with van der Waals surface area (Å²) in [6.07, 6.45) is 5.80. The SMILES string of the molecule is CCCCC(Cc1c[nH]c2ccccc12)NC(=O)c1cc2c(F)cc(NCCNC)cc2s1. The Balaban J connectivity index is 1.51. The van der Waals surface area contributed by atoms with Crippen LogP contribution in [-0.4, -0.2) is 37.1 Å². The number of aromatic nitrogens is 1. The van der Waals surface area contributed by atoms with Gasteiger partial charge < -0.3 is 20.9 Å². The van der Waals surface area contributed by atoms with E-state index in [1.165, 1.54) is 28.4 Å². The van der Waals surface area contributed by atoms with Crippen LogP contribution in [0.5, 0.6) is 0 Å². The molecule has 2 heterocycles. The van der Waals surface area contributed by atoms with Crippen LogP contribution in [0.1, 0.15) is 41.4 Å². The lowest BCUT2D eigenvalue weighted by atomic mass is 10.0. The van der Waals surface area contributed by atoms with Crippen LogP contribution in [-0.2, 0) is 6.42 Å². The largest absolute Gasteiger partial charge is 0.384 e. The maximum atomic E-state index is 14.7. The number of halogens is 1. The number of anilines is 1. The second-order valence-corrected chi connectivity index (χ2v) is 9.47. The molecule has 0 aliphatic carbocycles. The number of hydrogen-bond donors (Lipinski definition) is 4. The topological polar surface area (TPSA) is 69.0 Å². The number of hydrogen-bond acceptors (Lipinski definition) is 4. The number of unbranched alkanes of at least 4 members (excludes halogenated alkanes) is 1. The molecule has 4 aromatic rings. The van der Waals surface area contributed by atoms with Crippen molar-refractivity contribution in [1.29, 1.82) is 0 Å². The Hall–Kier alpha value is -2.90. The number of carbonyl (C=O) groups is 1. The van der Waals surface area contributed by atoms with Gasteiger partial charge in [0, 0.05) is 52.0 Å². The van der Waals surface area contributed by atoms with Gasteiger partial charge in [0.25, 0.3) is 5.91 Å². The number of para-hydroxylation sites is 1. The number of rotatable bonds is 11. The smallest absolute Gasteiger partial charge is 0.261 e. The highest BCUT2D eigenvalue weighted by atomic mass is 32.1. The van der Waals surface area contributed by atoms with Crippen molar-refractivity contribution in [1.82, 2.24) is 15.6 Å². The molecule has 0 spiro atoms. The molecule has 0 aliphatic rings. The molecule has 0 bridgehead atoms. The van der Waals surface area contributed by atoms with Crippen molar-refractivity contribution in [3.63, 3.8) is 0 Å². The highest BCUT2D eigenvalue weighted by Crippen LogP contribution is 2.31. The predicted octanol–water partition coefficient (Wildman–Crippen LogP) is 5.68. The van der Waals surface area contributed by atoms with Crippen molar-refractivity contribution in [3.8, 4) is 0 Å². The average Bonchev–Trinajstić information content (AvgIpc) is 3.43. The molecule has 0 fully saturated rings. The second-order valence-electron chi connectivity index (χ2n) is 8.39. The molecule has 1 atom stereocenters. The molecule has 33 heavy (non-hydrogen) atoms. The molecule has 7 heteroatoms. The summed E-state index contributed by atoms with van der Waals surface area (Å²) in [7, 11) is 1.88. The summed E-state index contributed by atoms with van der Waals surface area (Å²) in [4.78, 5) is 17.0. The number of carbonyl (C=O) groups excluding carboxylic acids is 1. The van der Waals surface area contributed by atoms with Gasteiger partial charge in [0.05, 0.1) is 4.88 Å². The standard InChI is InChI=1S/C26H31FN4OS/c1-3-4-7-18(12-17-16-30-23-9-6-5-8-20(17)23)31-26(32)25-15-21-22(27)13-19(14-24(21)33-25)29-11-10-28-2/h5-6,8-9,13-16,18,28-30H,3-4,7,10-12H2,1-2H3,(H,31,32). The van der Waals surface area contributed by atoms with Gasteiger partial charge in [0.15, 0.2) is 0 Å². The van der Waals surface area contributed by atoms with E-state index < -0.39 is 0 Å². The fourth-order valence-electron chi connectivity index (χ4n) is 4.14. The van der Waals surface area contributed by atoms with E-state index in [9.17, 15) is 9.18 Å². The second kappa shape index (κ2) is 10.8. The minimum Gasteiger partial charge on any atom is -0.384 e. The zero-order valence-electron chi connectivity index (χ0n) is 19.1. The van der Waals surface area contributed by atoms with Crippen LogP contribution in [0.3, 0.4) is 0 Å². The Kier molecular flexibility index (Phi) is 7.62. The van der Waals surface area contributed by atoms with Crippen LogP contribution >= 0.6 is 11.3 Å². The zero-order valence-corrected chi connectivity index (χ0v) is 19.9. The van der Waals surface area contributed by atoms with Crippen molar-refractivity contribution in [3.05, 3.63) is 64.9 Å². The Morgan fingerprint density at radius 2 is 2.00 bits per heavy atom. The van der Waals surface area contributed by atoms with E-state index >= 15 is 0 Å². The van der Waals surface area contributed by atoms with Gasteiger partial charge in [0.2, 0.25) is 0 Å². The maximum absolute atomic E-state index is 14.7. The molecule has 4 N–H and O–H groups in total. The third-order valence-corrected chi connectivity index (χ3v) is 6.98. The minimum atomic E-state index is -0.309. The van der Waals surface area contributed by atoms with E-state index in [2.05, 4.69) is 40.0 Å². The first-order valence-corrected chi connectivity index (χ1v) is 12.4. The van der Waals surface area contributed by atoms with Gasteiger partial charge in [-0.25, -0.2) is 4.39 Å². The maximum Gasteiger partial charge on any atom is 0.261 e. The highest BCUT2D eigenvalue weighted by molar-refractivity contribution is 7.20. The van der Waals surface area contributed by atoms with Crippen LogP contribution in [0.4, 0.5) is 10.1 Å². The number of fused-ring (bicyclic) bond motifs is 2. The third-order valence-electron chi connectivity index (χ3n) is 5.90. The third kappa shape index (κ3) is 5.54. The molecule has 4 rings (SSSR count). The number of amides is 1. The molecule has 1 unspecified atom stereocenters. The van der Waals surface area contributed by atoms with Gasteiger partial charge in [-0.1, -0.05) is 38.0 Å². The van der Waals surface area contributed by atoms with Gasteiger partial charge in [-0.05, 0) is 49.7 Å². The van der Waals surface area contributed by atoms with Gasteiger partial charge in [-0.15, -0.1) is 11.3 Å². The number of aromatic amines is 1. The van der Waals surface area contributed by atoms with E-state index in [0.29, 0.717) is 16.8 Å². The first-order valence-electron chi connectivity index (χ1n) is 11.6. The van der Waals surface area contributed by atoms with Gasteiger partial charge >= 0.3 is 0 Å². The monoisotopic (exact) mass is 466 g/mol. The summed E-state index contributed by atoms with van der Waals surface area (Å²) in [5.74, 6) is -0.447. The molecule has 5 nitrogen and oxygen atoms in total. The summed E-state index contributed by atoms with van der Waals surface area (Å²) in [5, 5.41) is 11.2. The summed E-state index contributed by atoms with van der Waals surface area (Å²) >= 11 is 1.34. The summed E-state index contributed by atoms with van der Waals surface area (Å²) in [5.41, 5.74) is 3.03. The molecule has 2 aromatic heterocycles. The lowest BCUT2D eigenvalue weighted by Crippen LogP contribution is -2.36. The fraction of sp³-hybridized carbons (Fsp3) is 0.346. The van der Waals surface area contributed by atoms with Crippen molar-refractivity contribution in [2.45, 2.75) is 38.6 Å². The molecule has 0 saturated heterocycles. The number of benzene rings is 2. The first-order chi connectivity index (χ1) is 16.1. The number of H-pyrrole nitrogens is 1. The summed E-state index contributed by atoms with van der Waals surface area (Å²) in [6.45, 7) is 3.64. The van der Waals surface area contributed by atoms with Gasteiger partial charge in [-0.2, -0.15) is 0 Å². The summed E-state index contributed by atoms with van der Waals surface area (Å²) < 4.78 is 15.5. The molecule has 1 amide bonds. The first kappa shape index (κ1) is 23.3. The Bertz CT molecular complexity index is 1230. The normalized spacial score (nSPS) is 12.3. The van der Waals surface area contributed by atoms with E-state index in [4.69, 9.17) is 0 Å². The molecule has 2 aromatic carbocycles. The molecular weight excluding hydrogens is 435 g/mol. The van der Waals surface area contributed by atoms with E-state index in [1.54, 1.807) is 6.07 Å². The molecule has 0 aliphatic heterocycles. The highest BCUT2D eigenvalue weighted by Gasteiger charge is 2.19. The van der Waals surface area contributed by atoms with Gasteiger partial charge in [-0.3, -0.25) is 4.79 Å². The number of nitrogens with one attached hydrogen (secondary N) is 4. The predicted molar refractivity (Wildman–Crippen MR) is 137 cm³/mol. The number of likely N-dealkylation sites (N-methyl/N-ethyl adjacent to an activating group) is 1. The van der Waals surface area contributed by atoms with E-state index in [0.717, 1.165) is 48.1 Å². The van der Waals surface area contributed by atoms with Crippen molar-refractivity contribution >= 4 is 43.9 Å². The summed E-state index contributed by atoms with van der Waals surface area (Å²) in [6, 6.07) is 13.3. The van der Waals surface area contributed by atoms with Gasteiger partial charge in [0.1, 0.15) is 5.82 Å². The Morgan fingerprint density at radius 1 is 1.15 bits per heavy atom. The van der Waals surface area contributed by atoms with Crippen molar-refractivity contribution in [2.75, 3.05) is 25.5 Å². The fourth-order valence-corrected chi connectivity index (χ4v) is 5.16. The lowest BCUT2D eigenvalue weighted by Gasteiger charge is -2.18. The quantitative estimate of drug-likeness (QED) is 0.215. The van der Waals surface area contributed by atoms with E-state index in [-0.39, 0.29) is 17.8 Å². The Morgan fingerprint density at radius 3 is 2.82 bits per heavy atom. The zero-order chi connectivity index (χ0) is 23.2. The molecule has 0 radical (unpaired) electrons. The number of thiophene rings is 1. The molecule has 0 saturated carbocycles. The molecular formula is C26H31FN4OS. The molecule has 174 valence electrons. The lowest BCUT2D eigenvalue weighted by molar-refractivity contribution is 0.0938. The van der Waals surface area contributed by atoms with Crippen LogP contribution in [0.15, 0.2) is 48.7 Å². The Labute approximate surface area is 197 Å². The van der Waals surface area contributed by atoms with Crippen LogP contribution in [0.2, 0.25) is 0 Å². The van der Waals surface area contributed by atoms with Crippen molar-refractivity contribution < 1.29 is 9.18 Å². The minimum absolute atomic E-state index is 0.0190. The van der Waals surface area contributed by atoms with Crippen molar-refractivity contribution in [2.24, 2.45) is 0 Å². The van der Waals surface area contributed by atoms with Crippen LogP contribution in [0.25, 0.3) is 21.0 Å².